The summed E-state index contributed by atoms with van der Waals surface area (Å²) in [6, 6.07) is 0. The number of aliphatic carboxylic acids is 1. The van der Waals surface area contributed by atoms with Crippen molar-refractivity contribution >= 4 is 19.8 Å². The minimum absolute atomic E-state index is 0.161. The molecule has 0 aromatic carbocycles. The molecule has 10 heavy (non-hydrogen) atoms. The molecule has 0 rings (SSSR count). The van der Waals surface area contributed by atoms with Crippen molar-refractivity contribution in [1.29, 1.82) is 5.41 Å². The number of hydrogen-bond acceptors (Lipinski definition) is 3. The quantitative estimate of drug-likeness (QED) is 0.417. The van der Waals surface area contributed by atoms with Gasteiger partial charge >= 0.3 is 5.97 Å². The van der Waals surface area contributed by atoms with Crippen LogP contribution in [0.4, 0.5) is 0 Å². The molecule has 0 aliphatic heterocycles. The Labute approximate surface area is 60.2 Å². The minimum Gasteiger partial charge on any atom is -0.477 e. The molecule has 0 aromatic rings. The van der Waals surface area contributed by atoms with Crippen LogP contribution in [-0.4, -0.2) is 34.5 Å². The van der Waals surface area contributed by atoms with Crippen LogP contribution in [0.15, 0.2) is 0 Å². The van der Waals surface area contributed by atoms with Gasteiger partial charge in [0.05, 0.1) is 0 Å². The maximum atomic E-state index is 10.0. The van der Waals surface area contributed by atoms with E-state index in [4.69, 9.17) is 15.4 Å². The standard InChI is InChI=1S/C5H10NO3P/c1-10(9)3-2-4(6)5(7)8/h6,9H,2-3H2,1H3,(H,7,8). The van der Waals surface area contributed by atoms with E-state index in [9.17, 15) is 4.79 Å². The molecule has 5 heteroatoms. The largest absolute Gasteiger partial charge is 0.477 e. The first-order valence-corrected chi connectivity index (χ1v) is 4.67. The Bertz CT molecular complexity index is 146. The van der Waals surface area contributed by atoms with Crippen LogP contribution in [0.2, 0.25) is 0 Å². The van der Waals surface area contributed by atoms with E-state index in [-0.39, 0.29) is 12.1 Å². The molecule has 0 saturated carbocycles. The predicted octanol–water partition coefficient (Wildman–Crippen LogP) is 0.500. The second-order valence-corrected chi connectivity index (χ2v) is 3.68. The van der Waals surface area contributed by atoms with Crippen molar-refractivity contribution in [2.45, 2.75) is 6.42 Å². The highest BCUT2D eigenvalue weighted by molar-refractivity contribution is 7.50. The minimum atomic E-state index is -1.20. The fourth-order valence-corrected chi connectivity index (χ4v) is 0.928. The molecule has 1 unspecified atom stereocenters. The van der Waals surface area contributed by atoms with E-state index in [0.717, 1.165) is 0 Å². The summed E-state index contributed by atoms with van der Waals surface area (Å²) in [5.41, 5.74) is -0.330. The van der Waals surface area contributed by atoms with Crippen molar-refractivity contribution in [3.05, 3.63) is 0 Å². The van der Waals surface area contributed by atoms with Gasteiger partial charge < -0.3 is 10.00 Å². The lowest BCUT2D eigenvalue weighted by molar-refractivity contribution is -0.129. The molecule has 0 bridgehead atoms. The zero-order valence-electron chi connectivity index (χ0n) is 5.66. The normalized spacial score (nSPS) is 12.6. The number of carboxylic acid groups (broad SMARTS) is 1. The van der Waals surface area contributed by atoms with Gasteiger partial charge in [0.2, 0.25) is 0 Å². The molecule has 0 fully saturated rings. The van der Waals surface area contributed by atoms with Gasteiger partial charge in [-0.05, 0) is 12.8 Å². The summed E-state index contributed by atoms with van der Waals surface area (Å²) in [5.74, 6) is -1.20. The maximum absolute atomic E-state index is 10.0. The number of rotatable bonds is 4. The van der Waals surface area contributed by atoms with Gasteiger partial charge in [0.25, 0.3) is 0 Å². The van der Waals surface area contributed by atoms with E-state index in [1.165, 1.54) is 0 Å². The highest BCUT2D eigenvalue weighted by Crippen LogP contribution is 2.23. The Kier molecular flexibility index (Phi) is 4.16. The SMILES string of the molecule is CP(O)CCC(=N)C(=O)O. The van der Waals surface area contributed by atoms with Gasteiger partial charge in [-0.2, -0.15) is 0 Å². The summed E-state index contributed by atoms with van der Waals surface area (Å²) in [6.07, 6.45) is 0.564. The molecule has 4 nitrogen and oxygen atoms in total. The summed E-state index contributed by atoms with van der Waals surface area (Å²) in [5, 5.41) is 15.0. The van der Waals surface area contributed by atoms with Crippen molar-refractivity contribution in [1.82, 2.24) is 0 Å². The molecule has 1 atom stereocenters. The molecule has 3 N–H and O–H groups in total. The molecule has 0 amide bonds. The molecule has 0 spiro atoms. The number of carboxylic acids is 1. The summed E-state index contributed by atoms with van der Waals surface area (Å²) in [7, 11) is -1.06. The molecule has 0 aliphatic rings. The van der Waals surface area contributed by atoms with E-state index < -0.39 is 14.1 Å². The third kappa shape index (κ3) is 4.41. The average Bonchev–Trinajstić information content (AvgIpc) is 1.82. The lowest BCUT2D eigenvalue weighted by Crippen LogP contribution is -2.12. The molecule has 0 saturated heterocycles. The number of hydrogen-bond donors (Lipinski definition) is 3. The summed E-state index contributed by atoms with van der Waals surface area (Å²) in [6.45, 7) is 1.63. The van der Waals surface area contributed by atoms with Crippen LogP contribution in [0.1, 0.15) is 6.42 Å². The summed E-state index contributed by atoms with van der Waals surface area (Å²) < 4.78 is 0. The van der Waals surface area contributed by atoms with Crippen LogP contribution in [0, 0.1) is 5.41 Å². The maximum Gasteiger partial charge on any atom is 0.349 e. The first kappa shape index (κ1) is 9.53. The highest BCUT2D eigenvalue weighted by Gasteiger charge is 2.06. The highest BCUT2D eigenvalue weighted by atomic mass is 31.1. The van der Waals surface area contributed by atoms with Crippen LogP contribution in [0.25, 0.3) is 0 Å². The predicted molar refractivity (Wildman–Crippen MR) is 39.9 cm³/mol. The third-order valence-electron chi connectivity index (χ3n) is 0.944. The lowest BCUT2D eigenvalue weighted by atomic mass is 10.3. The fourth-order valence-electron chi connectivity index (χ4n) is 0.381. The Balaban J connectivity index is 3.50. The fraction of sp³-hybridized carbons (Fsp3) is 0.600. The van der Waals surface area contributed by atoms with E-state index in [1.54, 1.807) is 6.66 Å². The monoisotopic (exact) mass is 163 g/mol. The molecular weight excluding hydrogens is 153 g/mol. The molecule has 58 valence electrons. The molecule has 0 radical (unpaired) electrons. The van der Waals surface area contributed by atoms with Crippen LogP contribution in [0.5, 0.6) is 0 Å². The van der Waals surface area contributed by atoms with Gasteiger partial charge in [-0.1, -0.05) is 0 Å². The van der Waals surface area contributed by atoms with Crippen LogP contribution < -0.4 is 0 Å². The van der Waals surface area contributed by atoms with Gasteiger partial charge in [0.1, 0.15) is 5.71 Å². The summed E-state index contributed by atoms with van der Waals surface area (Å²) >= 11 is 0. The summed E-state index contributed by atoms with van der Waals surface area (Å²) in [4.78, 5) is 18.8. The third-order valence-corrected chi connectivity index (χ3v) is 1.81. The second-order valence-electron chi connectivity index (χ2n) is 1.91. The average molecular weight is 163 g/mol. The molecule has 0 aliphatic carbocycles. The van der Waals surface area contributed by atoms with Crippen LogP contribution in [-0.2, 0) is 4.79 Å². The zero-order chi connectivity index (χ0) is 8.15. The van der Waals surface area contributed by atoms with Crippen LogP contribution in [0.3, 0.4) is 0 Å². The van der Waals surface area contributed by atoms with Crippen LogP contribution >= 0.6 is 8.15 Å². The van der Waals surface area contributed by atoms with E-state index in [1.807, 2.05) is 0 Å². The first-order valence-electron chi connectivity index (χ1n) is 2.74. The van der Waals surface area contributed by atoms with Crippen molar-refractivity contribution < 1.29 is 14.8 Å². The van der Waals surface area contributed by atoms with Gasteiger partial charge in [-0.15, -0.1) is 0 Å². The van der Waals surface area contributed by atoms with E-state index in [2.05, 4.69) is 0 Å². The van der Waals surface area contributed by atoms with Crippen molar-refractivity contribution in [2.75, 3.05) is 12.8 Å². The smallest absolute Gasteiger partial charge is 0.349 e. The Morgan fingerprint density at radius 1 is 1.70 bits per heavy atom. The van der Waals surface area contributed by atoms with Crippen molar-refractivity contribution in [2.24, 2.45) is 0 Å². The zero-order valence-corrected chi connectivity index (χ0v) is 6.56. The van der Waals surface area contributed by atoms with Crippen molar-refractivity contribution in [3.63, 3.8) is 0 Å². The van der Waals surface area contributed by atoms with Gasteiger partial charge in [0.15, 0.2) is 0 Å². The Hall–Kier alpha value is -0.470. The molecule has 0 aromatic heterocycles. The first-order chi connectivity index (χ1) is 4.54. The van der Waals surface area contributed by atoms with Gasteiger partial charge in [0, 0.05) is 14.6 Å². The Morgan fingerprint density at radius 3 is 2.50 bits per heavy atom. The van der Waals surface area contributed by atoms with Crippen molar-refractivity contribution in [3.8, 4) is 0 Å². The number of carbonyl (C=O) groups is 1. The molecule has 0 heterocycles. The van der Waals surface area contributed by atoms with Gasteiger partial charge in [-0.25, -0.2) is 4.79 Å². The Morgan fingerprint density at radius 2 is 2.20 bits per heavy atom. The van der Waals surface area contributed by atoms with E-state index in [0.29, 0.717) is 6.16 Å². The topological polar surface area (TPSA) is 81.4 Å². The molecular formula is C5H10NO3P. The lowest BCUT2D eigenvalue weighted by Gasteiger charge is -2.00. The van der Waals surface area contributed by atoms with E-state index >= 15 is 0 Å². The van der Waals surface area contributed by atoms with Gasteiger partial charge in [-0.3, -0.25) is 5.41 Å². The second kappa shape index (κ2) is 4.36. The number of nitrogens with one attached hydrogen (secondary N) is 1.